The Morgan fingerprint density at radius 1 is 1.24 bits per heavy atom. The predicted molar refractivity (Wildman–Crippen MR) is 70.7 cm³/mol. The van der Waals surface area contributed by atoms with Gasteiger partial charge in [0.25, 0.3) is 0 Å². The van der Waals surface area contributed by atoms with E-state index in [0.29, 0.717) is 0 Å². The molecule has 0 spiro atoms. The van der Waals surface area contributed by atoms with Crippen molar-refractivity contribution < 1.29 is 4.74 Å². The Balaban J connectivity index is 1.80. The highest BCUT2D eigenvalue weighted by Gasteiger charge is 2.19. The molecule has 2 N–H and O–H groups in total. The fraction of sp³-hybridized carbons (Fsp3) is 0.600. The zero-order valence-electron chi connectivity index (χ0n) is 10.6. The van der Waals surface area contributed by atoms with E-state index >= 15 is 0 Å². The maximum Gasteiger partial charge on any atom is 0.0739 e. The molecule has 1 aliphatic carbocycles. The summed E-state index contributed by atoms with van der Waals surface area (Å²) in [6.07, 6.45) is 5.49. The molecule has 0 radical (unpaired) electrons. The molecular formula is C15H23NO. The molecule has 0 bridgehead atoms. The minimum Gasteiger partial charge on any atom is -0.376 e. The second-order valence-electron chi connectivity index (χ2n) is 5.13. The number of ether oxygens (including phenoxy) is 1. The molecule has 0 aromatic heterocycles. The minimum absolute atomic E-state index is 0.0161. The Morgan fingerprint density at radius 2 is 1.88 bits per heavy atom. The lowest BCUT2D eigenvalue weighted by atomic mass is 10.0. The number of benzene rings is 1. The number of rotatable bonds is 5. The van der Waals surface area contributed by atoms with Gasteiger partial charge in [-0.05, 0) is 31.2 Å². The first-order valence-corrected chi connectivity index (χ1v) is 6.69. The molecule has 17 heavy (non-hydrogen) atoms. The van der Waals surface area contributed by atoms with Gasteiger partial charge >= 0.3 is 0 Å². The quantitative estimate of drug-likeness (QED) is 0.847. The van der Waals surface area contributed by atoms with Crippen molar-refractivity contribution in [3.63, 3.8) is 0 Å². The largest absolute Gasteiger partial charge is 0.376 e. The zero-order chi connectivity index (χ0) is 12.1. The van der Waals surface area contributed by atoms with Crippen molar-refractivity contribution in [2.45, 2.75) is 44.8 Å². The lowest BCUT2D eigenvalue weighted by Crippen LogP contribution is -2.27. The van der Waals surface area contributed by atoms with Crippen LogP contribution >= 0.6 is 0 Å². The van der Waals surface area contributed by atoms with E-state index in [1.807, 2.05) is 18.2 Å². The smallest absolute Gasteiger partial charge is 0.0739 e. The van der Waals surface area contributed by atoms with Gasteiger partial charge < -0.3 is 10.5 Å². The topological polar surface area (TPSA) is 35.2 Å². The normalized spacial score (nSPS) is 20.4. The van der Waals surface area contributed by atoms with Gasteiger partial charge in [-0.1, -0.05) is 43.2 Å². The summed E-state index contributed by atoms with van der Waals surface area (Å²) in [5, 5.41) is 0. The van der Waals surface area contributed by atoms with Crippen LogP contribution in [-0.2, 0) is 4.74 Å². The zero-order valence-corrected chi connectivity index (χ0v) is 10.6. The Hall–Kier alpha value is -0.860. The van der Waals surface area contributed by atoms with E-state index in [4.69, 9.17) is 10.5 Å². The molecule has 1 aromatic carbocycles. The van der Waals surface area contributed by atoms with E-state index in [0.717, 1.165) is 18.1 Å². The maximum absolute atomic E-state index is 6.20. The molecule has 0 heterocycles. The third-order valence-corrected chi connectivity index (χ3v) is 3.76. The van der Waals surface area contributed by atoms with Crippen LogP contribution in [0.15, 0.2) is 30.3 Å². The summed E-state index contributed by atoms with van der Waals surface area (Å²) in [6, 6.07) is 10.2. The summed E-state index contributed by atoms with van der Waals surface area (Å²) in [5.41, 5.74) is 7.36. The second-order valence-corrected chi connectivity index (χ2v) is 5.13. The molecule has 1 aromatic rings. The molecule has 2 heteroatoms. The van der Waals surface area contributed by atoms with E-state index in [1.54, 1.807) is 0 Å². The van der Waals surface area contributed by atoms with Crippen molar-refractivity contribution in [2.24, 2.45) is 11.7 Å². The van der Waals surface area contributed by atoms with Crippen LogP contribution in [0, 0.1) is 5.92 Å². The van der Waals surface area contributed by atoms with E-state index < -0.39 is 0 Å². The summed E-state index contributed by atoms with van der Waals surface area (Å²) in [6.45, 7) is 2.95. The fourth-order valence-corrected chi connectivity index (χ4v) is 2.51. The fourth-order valence-electron chi connectivity index (χ4n) is 2.51. The van der Waals surface area contributed by atoms with Crippen molar-refractivity contribution >= 4 is 0 Å². The average molecular weight is 233 g/mol. The van der Waals surface area contributed by atoms with E-state index in [9.17, 15) is 0 Å². The Bertz CT molecular complexity index is 319. The van der Waals surface area contributed by atoms with Crippen molar-refractivity contribution in [2.75, 3.05) is 6.61 Å². The van der Waals surface area contributed by atoms with Crippen molar-refractivity contribution in [3.05, 3.63) is 35.9 Å². The van der Waals surface area contributed by atoms with Gasteiger partial charge in [0, 0.05) is 6.61 Å². The molecule has 2 unspecified atom stereocenters. The summed E-state index contributed by atoms with van der Waals surface area (Å²) in [4.78, 5) is 0. The molecule has 2 nitrogen and oxygen atoms in total. The van der Waals surface area contributed by atoms with Crippen molar-refractivity contribution in [1.82, 2.24) is 0 Å². The molecular weight excluding hydrogens is 210 g/mol. The summed E-state index contributed by atoms with van der Waals surface area (Å²) in [5.74, 6) is 0.764. The average Bonchev–Trinajstić information content (AvgIpc) is 2.89. The van der Waals surface area contributed by atoms with Crippen LogP contribution < -0.4 is 5.73 Å². The Labute approximate surface area is 104 Å². The van der Waals surface area contributed by atoms with Crippen molar-refractivity contribution in [3.8, 4) is 0 Å². The van der Waals surface area contributed by atoms with E-state index in [1.165, 1.54) is 25.7 Å². The molecule has 2 rings (SSSR count). The first kappa shape index (κ1) is 12.6. The highest BCUT2D eigenvalue weighted by Crippen LogP contribution is 2.26. The van der Waals surface area contributed by atoms with Crippen LogP contribution in [-0.4, -0.2) is 12.7 Å². The monoisotopic (exact) mass is 233 g/mol. The number of hydrogen-bond acceptors (Lipinski definition) is 2. The molecule has 1 aliphatic rings. The molecule has 1 saturated carbocycles. The SMILES string of the molecule is CC(OCC1CCCC1)C(N)c1ccccc1. The lowest BCUT2D eigenvalue weighted by molar-refractivity contribution is 0.0260. The molecule has 0 saturated heterocycles. The van der Waals surface area contributed by atoms with Gasteiger partial charge in [-0.25, -0.2) is 0 Å². The number of hydrogen-bond donors (Lipinski definition) is 1. The summed E-state index contributed by atoms with van der Waals surface area (Å²) in [7, 11) is 0. The lowest BCUT2D eigenvalue weighted by Gasteiger charge is -2.22. The molecule has 1 fully saturated rings. The second kappa shape index (κ2) is 6.18. The standard InChI is InChI=1S/C15H23NO/c1-12(17-11-13-7-5-6-8-13)15(16)14-9-3-2-4-10-14/h2-4,9-10,12-13,15H,5-8,11,16H2,1H3. The third kappa shape index (κ3) is 3.55. The molecule has 0 amide bonds. The molecule has 94 valence electrons. The van der Waals surface area contributed by atoms with Gasteiger partial charge in [-0.2, -0.15) is 0 Å². The van der Waals surface area contributed by atoms with E-state index in [-0.39, 0.29) is 12.1 Å². The summed E-state index contributed by atoms with van der Waals surface area (Å²) >= 11 is 0. The molecule has 2 atom stereocenters. The predicted octanol–water partition coefficient (Wildman–Crippen LogP) is 3.28. The van der Waals surface area contributed by atoms with Crippen LogP contribution in [0.25, 0.3) is 0 Å². The van der Waals surface area contributed by atoms with Gasteiger partial charge in [-0.15, -0.1) is 0 Å². The molecule has 0 aliphatic heterocycles. The van der Waals surface area contributed by atoms with Crippen LogP contribution in [0.1, 0.15) is 44.2 Å². The first-order chi connectivity index (χ1) is 8.27. The highest BCUT2D eigenvalue weighted by molar-refractivity contribution is 5.19. The first-order valence-electron chi connectivity index (χ1n) is 6.69. The van der Waals surface area contributed by atoms with Gasteiger partial charge in [0.15, 0.2) is 0 Å². The van der Waals surface area contributed by atoms with Crippen LogP contribution in [0.3, 0.4) is 0 Å². The van der Waals surface area contributed by atoms with Gasteiger partial charge in [0.05, 0.1) is 12.1 Å². The number of nitrogens with two attached hydrogens (primary N) is 1. The highest BCUT2D eigenvalue weighted by atomic mass is 16.5. The maximum atomic E-state index is 6.20. The van der Waals surface area contributed by atoms with Crippen LogP contribution in [0.4, 0.5) is 0 Å². The summed E-state index contributed by atoms with van der Waals surface area (Å²) < 4.78 is 5.92. The van der Waals surface area contributed by atoms with Crippen LogP contribution in [0.5, 0.6) is 0 Å². The van der Waals surface area contributed by atoms with Crippen molar-refractivity contribution in [1.29, 1.82) is 0 Å². The Kier molecular flexibility index (Phi) is 4.57. The van der Waals surface area contributed by atoms with Gasteiger partial charge in [0.1, 0.15) is 0 Å². The van der Waals surface area contributed by atoms with E-state index in [2.05, 4.69) is 19.1 Å². The van der Waals surface area contributed by atoms with Gasteiger partial charge in [-0.3, -0.25) is 0 Å². The van der Waals surface area contributed by atoms with Crippen LogP contribution in [0.2, 0.25) is 0 Å². The minimum atomic E-state index is -0.0161. The Morgan fingerprint density at radius 3 is 2.53 bits per heavy atom. The van der Waals surface area contributed by atoms with Gasteiger partial charge in [0.2, 0.25) is 0 Å². The third-order valence-electron chi connectivity index (χ3n) is 3.76.